The highest BCUT2D eigenvalue weighted by Gasteiger charge is 2.14. The Morgan fingerprint density at radius 2 is 1.80 bits per heavy atom. The minimum atomic E-state index is -0.293. The van der Waals surface area contributed by atoms with Crippen LogP contribution in [-0.2, 0) is 0 Å². The van der Waals surface area contributed by atoms with E-state index in [1.165, 1.54) is 19.2 Å². The molecule has 0 saturated carbocycles. The van der Waals surface area contributed by atoms with Gasteiger partial charge in [-0.05, 0) is 36.4 Å². The van der Waals surface area contributed by atoms with Crippen molar-refractivity contribution in [2.24, 2.45) is 0 Å². The Labute approximate surface area is 117 Å². The van der Waals surface area contributed by atoms with Crippen molar-refractivity contribution >= 4 is 11.5 Å². The summed E-state index contributed by atoms with van der Waals surface area (Å²) in [5, 5.41) is 0. The van der Waals surface area contributed by atoms with Crippen LogP contribution < -0.4 is 9.64 Å². The largest absolute Gasteiger partial charge is 0.496 e. The Hall–Kier alpha value is -2.36. The lowest BCUT2D eigenvalue weighted by molar-refractivity contribution is 0.0997. The number of methoxy groups -OCH3 is 1. The van der Waals surface area contributed by atoms with E-state index >= 15 is 0 Å². The van der Waals surface area contributed by atoms with Crippen molar-refractivity contribution in [1.29, 1.82) is 0 Å². The summed E-state index contributed by atoms with van der Waals surface area (Å²) in [7, 11) is 3.33. The maximum atomic E-state index is 12.9. The number of carbonyl (C=O) groups excluding carboxylic acids is 1. The minimum absolute atomic E-state index is 0.0470. The van der Waals surface area contributed by atoms with E-state index < -0.39 is 0 Å². The molecule has 0 radical (unpaired) electrons. The van der Waals surface area contributed by atoms with Crippen LogP contribution >= 0.6 is 0 Å². The third-order valence-corrected chi connectivity index (χ3v) is 3.06. The maximum absolute atomic E-state index is 12.9. The second kappa shape index (κ2) is 6.19. The standard InChI is InChI=1S/C16H16FNO2/c1-18(13-9-7-12(17)8-10-13)11-15(19)14-5-3-4-6-16(14)20-2/h3-10H,11H2,1-2H3. The van der Waals surface area contributed by atoms with E-state index in [9.17, 15) is 9.18 Å². The molecule has 20 heavy (non-hydrogen) atoms. The molecular formula is C16H16FNO2. The van der Waals surface area contributed by atoms with E-state index in [4.69, 9.17) is 4.74 Å². The van der Waals surface area contributed by atoms with Gasteiger partial charge in [-0.25, -0.2) is 4.39 Å². The fourth-order valence-corrected chi connectivity index (χ4v) is 1.96. The minimum Gasteiger partial charge on any atom is -0.496 e. The molecule has 0 heterocycles. The Morgan fingerprint density at radius 1 is 1.15 bits per heavy atom. The normalized spacial score (nSPS) is 10.2. The van der Waals surface area contributed by atoms with Crippen LogP contribution in [0.15, 0.2) is 48.5 Å². The van der Waals surface area contributed by atoms with Crippen molar-refractivity contribution in [2.75, 3.05) is 25.6 Å². The predicted octanol–water partition coefficient (Wildman–Crippen LogP) is 3.15. The molecule has 0 saturated heterocycles. The third-order valence-electron chi connectivity index (χ3n) is 3.06. The zero-order valence-corrected chi connectivity index (χ0v) is 11.5. The maximum Gasteiger partial charge on any atom is 0.185 e. The summed E-state index contributed by atoms with van der Waals surface area (Å²) in [4.78, 5) is 14.1. The lowest BCUT2D eigenvalue weighted by atomic mass is 10.1. The number of anilines is 1. The average molecular weight is 273 g/mol. The molecular weight excluding hydrogens is 257 g/mol. The Balaban J connectivity index is 2.13. The molecule has 0 N–H and O–H groups in total. The van der Waals surface area contributed by atoms with Crippen LogP contribution in [0.2, 0.25) is 0 Å². The summed E-state index contributed by atoms with van der Waals surface area (Å²) in [6.45, 7) is 0.200. The second-order valence-corrected chi connectivity index (χ2v) is 4.46. The first-order valence-corrected chi connectivity index (χ1v) is 6.24. The molecule has 0 aliphatic carbocycles. The first kappa shape index (κ1) is 14.1. The number of halogens is 1. The van der Waals surface area contributed by atoms with Gasteiger partial charge in [0, 0.05) is 12.7 Å². The molecule has 2 aromatic rings. The molecule has 0 aliphatic rings. The van der Waals surface area contributed by atoms with E-state index in [2.05, 4.69) is 0 Å². The number of ether oxygens (including phenoxy) is 1. The average Bonchev–Trinajstić information content (AvgIpc) is 2.47. The molecule has 0 aromatic heterocycles. The van der Waals surface area contributed by atoms with Crippen molar-refractivity contribution in [3.63, 3.8) is 0 Å². The molecule has 0 atom stereocenters. The number of ketones is 1. The van der Waals surface area contributed by atoms with Crippen LogP contribution in [0, 0.1) is 5.82 Å². The van der Waals surface area contributed by atoms with E-state index in [1.54, 1.807) is 42.3 Å². The molecule has 0 bridgehead atoms. The van der Waals surface area contributed by atoms with Crippen LogP contribution in [0.3, 0.4) is 0 Å². The Bertz CT molecular complexity index is 596. The molecule has 0 amide bonds. The summed E-state index contributed by atoms with van der Waals surface area (Å²) in [6, 6.07) is 13.1. The fraction of sp³-hybridized carbons (Fsp3) is 0.188. The van der Waals surface area contributed by atoms with Crippen molar-refractivity contribution in [3.05, 3.63) is 59.9 Å². The van der Waals surface area contributed by atoms with Crippen LogP contribution in [-0.4, -0.2) is 26.5 Å². The Morgan fingerprint density at radius 3 is 2.45 bits per heavy atom. The number of hydrogen-bond acceptors (Lipinski definition) is 3. The highest BCUT2D eigenvalue weighted by atomic mass is 19.1. The molecule has 0 spiro atoms. The highest BCUT2D eigenvalue weighted by molar-refractivity contribution is 6.01. The molecule has 0 aliphatic heterocycles. The summed E-state index contributed by atoms with van der Waals surface area (Å²) >= 11 is 0. The first-order chi connectivity index (χ1) is 9.61. The Kier molecular flexibility index (Phi) is 4.35. The van der Waals surface area contributed by atoms with Crippen molar-refractivity contribution in [1.82, 2.24) is 0 Å². The molecule has 2 aromatic carbocycles. The summed E-state index contributed by atoms with van der Waals surface area (Å²) in [5.74, 6) is 0.220. The van der Waals surface area contributed by atoms with Crippen LogP contribution in [0.1, 0.15) is 10.4 Å². The SMILES string of the molecule is COc1ccccc1C(=O)CN(C)c1ccc(F)cc1. The van der Waals surface area contributed by atoms with Gasteiger partial charge in [0.1, 0.15) is 11.6 Å². The number of hydrogen-bond donors (Lipinski definition) is 0. The van der Waals surface area contributed by atoms with Gasteiger partial charge in [-0.1, -0.05) is 12.1 Å². The quantitative estimate of drug-likeness (QED) is 0.784. The van der Waals surface area contributed by atoms with Gasteiger partial charge >= 0.3 is 0 Å². The lowest BCUT2D eigenvalue weighted by Crippen LogP contribution is -2.25. The van der Waals surface area contributed by atoms with E-state index in [-0.39, 0.29) is 18.1 Å². The van der Waals surface area contributed by atoms with Gasteiger partial charge in [-0.15, -0.1) is 0 Å². The number of likely N-dealkylation sites (N-methyl/N-ethyl adjacent to an activating group) is 1. The monoisotopic (exact) mass is 273 g/mol. The van der Waals surface area contributed by atoms with Gasteiger partial charge < -0.3 is 9.64 Å². The van der Waals surface area contributed by atoms with Gasteiger partial charge in [0.25, 0.3) is 0 Å². The highest BCUT2D eigenvalue weighted by Crippen LogP contribution is 2.19. The summed E-state index contributed by atoms with van der Waals surface area (Å²) in [5.41, 5.74) is 1.33. The molecule has 2 rings (SSSR count). The van der Waals surface area contributed by atoms with Gasteiger partial charge in [-0.2, -0.15) is 0 Å². The van der Waals surface area contributed by atoms with Crippen LogP contribution in [0.5, 0.6) is 5.75 Å². The second-order valence-electron chi connectivity index (χ2n) is 4.46. The lowest BCUT2D eigenvalue weighted by Gasteiger charge is -2.19. The van der Waals surface area contributed by atoms with Crippen LogP contribution in [0.4, 0.5) is 10.1 Å². The van der Waals surface area contributed by atoms with Gasteiger partial charge in [-0.3, -0.25) is 4.79 Å². The van der Waals surface area contributed by atoms with E-state index in [1.807, 2.05) is 6.07 Å². The fourth-order valence-electron chi connectivity index (χ4n) is 1.96. The summed E-state index contributed by atoms with van der Waals surface area (Å²) in [6.07, 6.45) is 0. The molecule has 4 heteroatoms. The van der Waals surface area contributed by atoms with Crippen molar-refractivity contribution in [2.45, 2.75) is 0 Å². The predicted molar refractivity (Wildman–Crippen MR) is 77.0 cm³/mol. The number of benzene rings is 2. The number of para-hydroxylation sites is 1. The number of rotatable bonds is 5. The number of nitrogens with zero attached hydrogens (tertiary/aromatic N) is 1. The topological polar surface area (TPSA) is 29.5 Å². The van der Waals surface area contributed by atoms with E-state index in [0.29, 0.717) is 11.3 Å². The molecule has 3 nitrogen and oxygen atoms in total. The van der Waals surface area contributed by atoms with Gasteiger partial charge in [0.2, 0.25) is 0 Å². The zero-order valence-electron chi connectivity index (χ0n) is 11.5. The van der Waals surface area contributed by atoms with Crippen molar-refractivity contribution in [3.8, 4) is 5.75 Å². The number of carbonyl (C=O) groups is 1. The number of Topliss-reactive ketones (excluding diaryl/α,β-unsaturated/α-hetero) is 1. The smallest absolute Gasteiger partial charge is 0.185 e. The van der Waals surface area contributed by atoms with Crippen LogP contribution in [0.25, 0.3) is 0 Å². The van der Waals surface area contributed by atoms with Crippen molar-refractivity contribution < 1.29 is 13.9 Å². The molecule has 104 valence electrons. The molecule has 0 unspecified atom stereocenters. The van der Waals surface area contributed by atoms with Gasteiger partial charge in [0.15, 0.2) is 5.78 Å². The third kappa shape index (κ3) is 3.15. The molecule has 0 fully saturated rings. The summed E-state index contributed by atoms with van der Waals surface area (Å²) < 4.78 is 18.1. The first-order valence-electron chi connectivity index (χ1n) is 6.24. The zero-order chi connectivity index (χ0) is 14.5. The van der Waals surface area contributed by atoms with Gasteiger partial charge in [0.05, 0.1) is 19.2 Å². The van der Waals surface area contributed by atoms with E-state index in [0.717, 1.165) is 5.69 Å².